The average molecular weight is 534 g/mol. The molecule has 2 amide bonds. The van der Waals surface area contributed by atoms with Crippen molar-refractivity contribution >= 4 is 23.4 Å². The number of urea groups is 1. The van der Waals surface area contributed by atoms with E-state index in [1.54, 1.807) is 24.3 Å². The molecule has 2 aliphatic rings. The Balaban J connectivity index is 1.66. The van der Waals surface area contributed by atoms with E-state index in [0.717, 1.165) is 36.3 Å². The molecule has 2 N–H and O–H groups in total. The highest BCUT2D eigenvalue weighted by molar-refractivity contribution is 6.03. The SMILES string of the molecule is CC1=C(C(=O)OCCOC2CCCCO2)C(c2ccc(N)cc2)N(C)C(=O)N1c1cccc(C(F)(F)F)c1. The smallest absolute Gasteiger partial charge is 0.416 e. The first-order valence-corrected chi connectivity index (χ1v) is 12.3. The molecule has 0 saturated carbocycles. The normalized spacial score (nSPS) is 20.6. The number of hydrogen-bond acceptors (Lipinski definition) is 6. The van der Waals surface area contributed by atoms with Crippen molar-refractivity contribution in [3.63, 3.8) is 0 Å². The quantitative estimate of drug-likeness (QED) is 0.296. The minimum Gasteiger partial charge on any atom is -0.460 e. The highest BCUT2D eigenvalue weighted by atomic mass is 19.4. The molecule has 1 fully saturated rings. The molecule has 1 saturated heterocycles. The molecule has 2 aromatic rings. The molecule has 0 spiro atoms. The van der Waals surface area contributed by atoms with Crippen molar-refractivity contribution in [3.05, 3.63) is 70.9 Å². The number of nitrogens with two attached hydrogens (primary N) is 1. The number of rotatable bonds is 7. The lowest BCUT2D eigenvalue weighted by Gasteiger charge is -2.41. The summed E-state index contributed by atoms with van der Waals surface area (Å²) in [6, 6.07) is 9.61. The monoisotopic (exact) mass is 533 g/mol. The van der Waals surface area contributed by atoms with Crippen LogP contribution in [0.15, 0.2) is 59.8 Å². The van der Waals surface area contributed by atoms with Gasteiger partial charge >= 0.3 is 18.2 Å². The van der Waals surface area contributed by atoms with Gasteiger partial charge in [-0.3, -0.25) is 4.90 Å². The lowest BCUT2D eigenvalue weighted by molar-refractivity contribution is -0.172. The third kappa shape index (κ3) is 5.94. The van der Waals surface area contributed by atoms with E-state index in [1.807, 2.05) is 0 Å². The maximum absolute atomic E-state index is 13.5. The molecule has 11 heteroatoms. The number of halogens is 3. The van der Waals surface area contributed by atoms with Crippen molar-refractivity contribution in [2.75, 3.05) is 37.5 Å². The molecule has 4 rings (SSSR count). The fraction of sp³-hybridized carbons (Fsp3) is 0.407. The van der Waals surface area contributed by atoms with Gasteiger partial charge in [-0.2, -0.15) is 13.2 Å². The van der Waals surface area contributed by atoms with Crippen LogP contribution in [0.2, 0.25) is 0 Å². The summed E-state index contributed by atoms with van der Waals surface area (Å²) in [5.74, 6) is -0.714. The number of likely N-dealkylation sites (N-methyl/N-ethyl adjacent to an activating group) is 1. The third-order valence-electron chi connectivity index (χ3n) is 6.54. The minimum absolute atomic E-state index is 0.0204. The number of esters is 1. The Morgan fingerprint density at radius 1 is 1.13 bits per heavy atom. The summed E-state index contributed by atoms with van der Waals surface area (Å²) < 4.78 is 56.9. The topological polar surface area (TPSA) is 94.3 Å². The van der Waals surface area contributed by atoms with E-state index in [1.165, 1.54) is 31.0 Å². The van der Waals surface area contributed by atoms with Crippen LogP contribution < -0.4 is 10.6 Å². The van der Waals surface area contributed by atoms with Crippen LogP contribution >= 0.6 is 0 Å². The van der Waals surface area contributed by atoms with Crippen LogP contribution in [0.5, 0.6) is 0 Å². The molecular weight excluding hydrogens is 503 g/mol. The molecular formula is C27H30F3N3O5. The second kappa shape index (κ2) is 11.4. The van der Waals surface area contributed by atoms with E-state index >= 15 is 0 Å². The summed E-state index contributed by atoms with van der Waals surface area (Å²) in [7, 11) is 1.48. The van der Waals surface area contributed by atoms with Gasteiger partial charge in [0.25, 0.3) is 0 Å². The highest BCUT2D eigenvalue weighted by Gasteiger charge is 2.42. The number of carbonyl (C=O) groups is 2. The number of alkyl halides is 3. The maximum atomic E-state index is 13.5. The number of hydrogen-bond donors (Lipinski definition) is 1. The average Bonchev–Trinajstić information content (AvgIpc) is 2.89. The van der Waals surface area contributed by atoms with E-state index < -0.39 is 29.8 Å². The summed E-state index contributed by atoms with van der Waals surface area (Å²) in [4.78, 5) is 29.3. The van der Waals surface area contributed by atoms with Gasteiger partial charge in [0.05, 0.1) is 29.5 Å². The Morgan fingerprint density at radius 3 is 2.53 bits per heavy atom. The van der Waals surface area contributed by atoms with Crippen LogP contribution in [-0.4, -0.2) is 50.1 Å². The Hall–Kier alpha value is -3.57. The van der Waals surface area contributed by atoms with Crippen molar-refractivity contribution < 1.29 is 37.0 Å². The number of nitrogen functional groups attached to an aromatic ring is 1. The third-order valence-corrected chi connectivity index (χ3v) is 6.54. The number of anilines is 2. The highest BCUT2D eigenvalue weighted by Crippen LogP contribution is 2.40. The molecule has 2 unspecified atom stereocenters. The molecule has 0 radical (unpaired) electrons. The zero-order valence-corrected chi connectivity index (χ0v) is 21.2. The molecule has 0 aromatic heterocycles. The first kappa shape index (κ1) is 27.5. The summed E-state index contributed by atoms with van der Waals surface area (Å²) in [5, 5.41) is 0. The molecule has 204 valence electrons. The van der Waals surface area contributed by atoms with Gasteiger partial charge in [0.2, 0.25) is 0 Å². The fourth-order valence-electron chi connectivity index (χ4n) is 4.61. The molecule has 0 aliphatic carbocycles. The van der Waals surface area contributed by atoms with Crippen LogP contribution in [0.4, 0.5) is 29.3 Å². The Bertz CT molecular complexity index is 1190. The molecule has 2 heterocycles. The van der Waals surface area contributed by atoms with Crippen LogP contribution in [0, 0.1) is 0 Å². The molecule has 2 aromatic carbocycles. The van der Waals surface area contributed by atoms with Crippen molar-refractivity contribution in [3.8, 4) is 0 Å². The lowest BCUT2D eigenvalue weighted by atomic mass is 9.93. The Labute approximate surface area is 218 Å². The van der Waals surface area contributed by atoms with Gasteiger partial charge in [-0.1, -0.05) is 18.2 Å². The standard InChI is InChI=1S/C27H30F3N3O5/c1-17-23(25(34)38-15-14-37-22-8-3-4-13-36-22)24(18-9-11-20(31)12-10-18)32(2)26(35)33(17)21-7-5-6-19(16-21)27(28,29)30/h5-7,9-12,16,22,24H,3-4,8,13-15,31H2,1-2H3. The number of carbonyl (C=O) groups excluding carboxylic acids is 2. The van der Waals surface area contributed by atoms with Crippen LogP contribution in [0.25, 0.3) is 0 Å². The van der Waals surface area contributed by atoms with E-state index in [2.05, 4.69) is 0 Å². The van der Waals surface area contributed by atoms with Crippen molar-refractivity contribution in [2.24, 2.45) is 0 Å². The van der Waals surface area contributed by atoms with E-state index in [4.69, 9.17) is 19.9 Å². The Kier molecular flexibility index (Phi) is 8.27. The van der Waals surface area contributed by atoms with Gasteiger partial charge in [-0.05, 0) is 62.1 Å². The number of nitrogens with zero attached hydrogens (tertiary/aromatic N) is 2. The van der Waals surface area contributed by atoms with E-state index in [0.29, 0.717) is 17.9 Å². The summed E-state index contributed by atoms with van der Waals surface area (Å²) in [6.07, 6.45) is -2.22. The van der Waals surface area contributed by atoms with Gasteiger partial charge < -0.3 is 24.8 Å². The second-order valence-corrected chi connectivity index (χ2v) is 9.15. The second-order valence-electron chi connectivity index (χ2n) is 9.15. The van der Waals surface area contributed by atoms with Crippen LogP contribution in [-0.2, 0) is 25.2 Å². The van der Waals surface area contributed by atoms with Gasteiger partial charge in [-0.15, -0.1) is 0 Å². The van der Waals surface area contributed by atoms with Gasteiger partial charge in [0.15, 0.2) is 6.29 Å². The van der Waals surface area contributed by atoms with E-state index in [9.17, 15) is 22.8 Å². The zero-order valence-electron chi connectivity index (χ0n) is 21.2. The molecule has 2 aliphatic heterocycles. The van der Waals surface area contributed by atoms with Crippen molar-refractivity contribution in [1.82, 2.24) is 4.90 Å². The summed E-state index contributed by atoms with van der Waals surface area (Å²) >= 11 is 0. The van der Waals surface area contributed by atoms with Gasteiger partial charge in [-0.25, -0.2) is 9.59 Å². The maximum Gasteiger partial charge on any atom is 0.416 e. The van der Waals surface area contributed by atoms with E-state index in [-0.39, 0.29) is 36.5 Å². The first-order chi connectivity index (χ1) is 18.1. The molecule has 0 bridgehead atoms. The summed E-state index contributed by atoms with van der Waals surface area (Å²) in [5.41, 5.74) is 6.26. The lowest BCUT2D eigenvalue weighted by Crippen LogP contribution is -2.49. The number of benzene rings is 2. The first-order valence-electron chi connectivity index (χ1n) is 12.3. The Morgan fingerprint density at radius 2 is 1.87 bits per heavy atom. The summed E-state index contributed by atoms with van der Waals surface area (Å²) in [6.45, 7) is 2.18. The molecule has 38 heavy (non-hydrogen) atoms. The zero-order chi connectivity index (χ0) is 27.4. The van der Waals surface area contributed by atoms with Crippen molar-refractivity contribution in [2.45, 2.75) is 44.7 Å². The largest absolute Gasteiger partial charge is 0.460 e. The van der Waals surface area contributed by atoms with Gasteiger partial charge in [0, 0.05) is 25.0 Å². The van der Waals surface area contributed by atoms with Crippen LogP contribution in [0.1, 0.15) is 43.4 Å². The number of amides is 2. The predicted octanol–water partition coefficient (Wildman–Crippen LogP) is 5.26. The van der Waals surface area contributed by atoms with Crippen molar-refractivity contribution in [1.29, 1.82) is 0 Å². The van der Waals surface area contributed by atoms with Gasteiger partial charge in [0.1, 0.15) is 6.61 Å². The predicted molar refractivity (Wildman–Crippen MR) is 134 cm³/mol. The number of ether oxygens (including phenoxy) is 3. The number of allylic oxidation sites excluding steroid dienone is 1. The minimum atomic E-state index is -4.60. The fourth-order valence-corrected chi connectivity index (χ4v) is 4.61. The molecule has 2 atom stereocenters. The van der Waals surface area contributed by atoms with Crippen LogP contribution in [0.3, 0.4) is 0 Å². The molecule has 8 nitrogen and oxygen atoms in total.